The van der Waals surface area contributed by atoms with Crippen molar-refractivity contribution < 1.29 is 9.59 Å². The van der Waals surface area contributed by atoms with E-state index in [0.29, 0.717) is 28.4 Å². The molecule has 0 aliphatic rings. The van der Waals surface area contributed by atoms with Crippen molar-refractivity contribution in [3.63, 3.8) is 0 Å². The van der Waals surface area contributed by atoms with E-state index in [1.165, 1.54) is 6.07 Å². The Bertz CT molecular complexity index is 659. The molecule has 0 radical (unpaired) electrons. The maximum Gasteiger partial charge on any atom is 0.257 e. The predicted octanol–water partition coefficient (Wildman–Crippen LogP) is 3.81. The van der Waals surface area contributed by atoms with Gasteiger partial charge in [0.15, 0.2) is 0 Å². The molecule has 4 nitrogen and oxygen atoms in total. The highest BCUT2D eigenvalue weighted by atomic mass is 35.5. The molecule has 2 rings (SSSR count). The Labute approximate surface area is 125 Å². The molecule has 0 bridgehead atoms. The van der Waals surface area contributed by atoms with Gasteiger partial charge in [0.25, 0.3) is 5.91 Å². The van der Waals surface area contributed by atoms with E-state index in [4.69, 9.17) is 23.2 Å². The average Bonchev–Trinajstić information content (AvgIpc) is 2.39. The molecule has 6 heteroatoms. The lowest BCUT2D eigenvalue weighted by Crippen LogP contribution is -2.12. The second-order valence-electron chi connectivity index (χ2n) is 3.92. The molecule has 0 fully saturated rings. The molecule has 2 aromatic rings. The van der Waals surface area contributed by atoms with Crippen molar-refractivity contribution in [2.24, 2.45) is 0 Å². The summed E-state index contributed by atoms with van der Waals surface area (Å²) in [7, 11) is 0. The first-order chi connectivity index (χ1) is 9.60. The Morgan fingerprint density at radius 2 is 1.80 bits per heavy atom. The molecule has 20 heavy (non-hydrogen) atoms. The Morgan fingerprint density at radius 1 is 1.05 bits per heavy atom. The van der Waals surface area contributed by atoms with E-state index in [2.05, 4.69) is 10.6 Å². The van der Waals surface area contributed by atoms with Gasteiger partial charge in [-0.2, -0.15) is 0 Å². The van der Waals surface area contributed by atoms with Crippen LogP contribution in [0.4, 0.5) is 11.4 Å². The van der Waals surface area contributed by atoms with Crippen LogP contribution in [0.2, 0.25) is 10.0 Å². The van der Waals surface area contributed by atoms with Crippen molar-refractivity contribution in [1.29, 1.82) is 0 Å². The first kappa shape index (κ1) is 14.4. The number of rotatable bonds is 4. The third-order valence-corrected chi connectivity index (χ3v) is 3.07. The van der Waals surface area contributed by atoms with E-state index < -0.39 is 0 Å². The van der Waals surface area contributed by atoms with E-state index in [1.807, 2.05) is 0 Å². The minimum Gasteiger partial charge on any atom is -0.329 e. The van der Waals surface area contributed by atoms with Gasteiger partial charge in [0.05, 0.1) is 10.6 Å². The zero-order valence-corrected chi connectivity index (χ0v) is 11.7. The van der Waals surface area contributed by atoms with Crippen LogP contribution >= 0.6 is 23.2 Å². The summed E-state index contributed by atoms with van der Waals surface area (Å²) in [6.45, 7) is 0. The number of carbonyl (C=O) groups excluding carboxylic acids is 2. The van der Waals surface area contributed by atoms with Crippen molar-refractivity contribution in [3.05, 3.63) is 58.1 Å². The number of carbonyl (C=O) groups is 2. The maximum atomic E-state index is 12.1. The molecule has 0 aliphatic heterocycles. The normalized spacial score (nSPS) is 9.90. The van der Waals surface area contributed by atoms with Crippen molar-refractivity contribution in [1.82, 2.24) is 0 Å². The molecule has 0 saturated heterocycles. The van der Waals surface area contributed by atoms with Gasteiger partial charge in [-0.05, 0) is 36.4 Å². The summed E-state index contributed by atoms with van der Waals surface area (Å²) < 4.78 is 0. The molecule has 0 spiro atoms. The highest BCUT2D eigenvalue weighted by Gasteiger charge is 2.11. The number of halogens is 2. The van der Waals surface area contributed by atoms with Gasteiger partial charge in [0.1, 0.15) is 0 Å². The SMILES string of the molecule is O=CNc1cccc(NC(=O)c2ccc(Cl)cc2Cl)c1. The minimum absolute atomic E-state index is 0.275. The molecule has 0 heterocycles. The fourth-order valence-electron chi connectivity index (χ4n) is 1.63. The van der Waals surface area contributed by atoms with E-state index >= 15 is 0 Å². The summed E-state index contributed by atoms with van der Waals surface area (Å²) in [6, 6.07) is 11.4. The first-order valence-corrected chi connectivity index (χ1v) is 6.42. The molecular weight excluding hydrogens is 299 g/mol. The van der Waals surface area contributed by atoms with Crippen LogP contribution in [-0.2, 0) is 4.79 Å². The number of nitrogens with one attached hydrogen (secondary N) is 2. The third-order valence-electron chi connectivity index (χ3n) is 2.52. The van der Waals surface area contributed by atoms with Crippen LogP contribution in [0, 0.1) is 0 Å². The van der Waals surface area contributed by atoms with Crippen molar-refractivity contribution >= 4 is 46.9 Å². The van der Waals surface area contributed by atoms with Gasteiger partial charge < -0.3 is 10.6 Å². The minimum atomic E-state index is -0.352. The highest BCUT2D eigenvalue weighted by molar-refractivity contribution is 6.37. The number of anilines is 2. The van der Waals surface area contributed by atoms with Crippen LogP contribution in [0.15, 0.2) is 42.5 Å². The van der Waals surface area contributed by atoms with E-state index in [0.717, 1.165) is 0 Å². The molecule has 2 amide bonds. The topological polar surface area (TPSA) is 58.2 Å². The van der Waals surface area contributed by atoms with Gasteiger partial charge in [0, 0.05) is 16.4 Å². The summed E-state index contributed by atoms with van der Waals surface area (Å²) in [5.74, 6) is -0.352. The lowest BCUT2D eigenvalue weighted by atomic mass is 10.2. The summed E-state index contributed by atoms with van der Waals surface area (Å²) in [6.07, 6.45) is 0.566. The highest BCUT2D eigenvalue weighted by Crippen LogP contribution is 2.22. The van der Waals surface area contributed by atoms with Gasteiger partial charge in [-0.3, -0.25) is 9.59 Å². The summed E-state index contributed by atoms with van der Waals surface area (Å²) in [4.78, 5) is 22.5. The van der Waals surface area contributed by atoms with Gasteiger partial charge in [-0.25, -0.2) is 0 Å². The zero-order chi connectivity index (χ0) is 14.5. The molecule has 102 valence electrons. The van der Waals surface area contributed by atoms with Crippen LogP contribution in [0.1, 0.15) is 10.4 Å². The third kappa shape index (κ3) is 3.50. The molecule has 0 unspecified atom stereocenters. The summed E-state index contributed by atoms with van der Waals surface area (Å²) >= 11 is 11.7. The number of hydrogen-bond donors (Lipinski definition) is 2. The van der Waals surface area contributed by atoms with Gasteiger partial charge in [-0.1, -0.05) is 29.3 Å². The van der Waals surface area contributed by atoms with Gasteiger partial charge >= 0.3 is 0 Å². The van der Waals surface area contributed by atoms with E-state index in [1.54, 1.807) is 36.4 Å². The maximum absolute atomic E-state index is 12.1. The quantitative estimate of drug-likeness (QED) is 0.844. The fourth-order valence-corrected chi connectivity index (χ4v) is 2.12. The molecular formula is C14H10Cl2N2O2. The zero-order valence-electron chi connectivity index (χ0n) is 10.2. The summed E-state index contributed by atoms with van der Waals surface area (Å²) in [5, 5.41) is 5.94. The molecule has 2 N–H and O–H groups in total. The monoisotopic (exact) mass is 308 g/mol. The molecule has 0 aliphatic carbocycles. The first-order valence-electron chi connectivity index (χ1n) is 5.67. The standard InChI is InChI=1S/C14H10Cl2N2O2/c15-9-4-5-12(13(16)6-9)14(20)18-11-3-1-2-10(7-11)17-8-19/h1-8H,(H,17,19)(H,18,20). The Morgan fingerprint density at radius 3 is 2.50 bits per heavy atom. The van der Waals surface area contributed by atoms with Crippen LogP contribution in [0.25, 0.3) is 0 Å². The lowest BCUT2D eigenvalue weighted by Gasteiger charge is -2.08. The van der Waals surface area contributed by atoms with Gasteiger partial charge in [0.2, 0.25) is 6.41 Å². The Kier molecular flexibility index (Phi) is 4.61. The van der Waals surface area contributed by atoms with Crippen LogP contribution in [0.3, 0.4) is 0 Å². The molecule has 0 atom stereocenters. The summed E-state index contributed by atoms with van der Waals surface area (Å²) in [5.41, 5.74) is 1.46. The smallest absolute Gasteiger partial charge is 0.257 e. The van der Waals surface area contributed by atoms with Crippen molar-refractivity contribution in [2.75, 3.05) is 10.6 Å². The van der Waals surface area contributed by atoms with Crippen molar-refractivity contribution in [2.45, 2.75) is 0 Å². The second kappa shape index (κ2) is 6.41. The van der Waals surface area contributed by atoms with Crippen LogP contribution in [0.5, 0.6) is 0 Å². The van der Waals surface area contributed by atoms with Crippen LogP contribution in [-0.4, -0.2) is 12.3 Å². The fraction of sp³-hybridized carbons (Fsp3) is 0. The van der Waals surface area contributed by atoms with Crippen LogP contribution < -0.4 is 10.6 Å². The number of benzene rings is 2. The van der Waals surface area contributed by atoms with E-state index in [9.17, 15) is 9.59 Å². The number of amides is 2. The number of hydrogen-bond acceptors (Lipinski definition) is 2. The second-order valence-corrected chi connectivity index (χ2v) is 4.76. The van der Waals surface area contributed by atoms with Crippen molar-refractivity contribution in [3.8, 4) is 0 Å². The Balaban J connectivity index is 2.18. The van der Waals surface area contributed by atoms with E-state index in [-0.39, 0.29) is 10.9 Å². The Hall–Kier alpha value is -2.04. The lowest BCUT2D eigenvalue weighted by molar-refractivity contribution is -0.105. The largest absolute Gasteiger partial charge is 0.329 e. The molecule has 0 saturated carbocycles. The van der Waals surface area contributed by atoms with Gasteiger partial charge in [-0.15, -0.1) is 0 Å². The average molecular weight is 309 g/mol. The molecule has 0 aromatic heterocycles. The molecule has 2 aromatic carbocycles. The predicted molar refractivity (Wildman–Crippen MR) is 80.5 cm³/mol.